The highest BCUT2D eigenvalue weighted by Crippen LogP contribution is 2.09. The standard InChI is InChI=1S/C10H13N7O/c18-10-13-3-4-16(10)5-6-17-7-8(14-15-17)9-11-1-2-12-9/h1-2,7H,3-6H2,(H,11,12)(H,13,18). The first-order valence-corrected chi connectivity index (χ1v) is 5.75. The third-order valence-corrected chi connectivity index (χ3v) is 2.82. The molecule has 18 heavy (non-hydrogen) atoms. The Morgan fingerprint density at radius 2 is 2.33 bits per heavy atom. The molecule has 0 unspecified atom stereocenters. The fourth-order valence-electron chi connectivity index (χ4n) is 1.87. The smallest absolute Gasteiger partial charge is 0.317 e. The normalized spacial score (nSPS) is 15.1. The molecule has 1 fully saturated rings. The van der Waals surface area contributed by atoms with E-state index in [0.717, 1.165) is 6.54 Å². The lowest BCUT2D eigenvalue weighted by Gasteiger charge is -2.12. The Hall–Kier alpha value is -2.38. The Labute approximate surface area is 103 Å². The molecule has 1 aliphatic rings. The third kappa shape index (κ3) is 2.04. The van der Waals surface area contributed by atoms with E-state index in [0.29, 0.717) is 31.2 Å². The second-order valence-corrected chi connectivity index (χ2v) is 4.02. The van der Waals surface area contributed by atoms with E-state index in [4.69, 9.17) is 0 Å². The van der Waals surface area contributed by atoms with Crippen LogP contribution in [-0.4, -0.2) is 55.5 Å². The molecule has 0 saturated carbocycles. The maximum atomic E-state index is 11.3. The molecule has 0 radical (unpaired) electrons. The van der Waals surface area contributed by atoms with E-state index in [2.05, 4.69) is 25.6 Å². The van der Waals surface area contributed by atoms with Gasteiger partial charge in [0, 0.05) is 32.0 Å². The molecule has 0 bridgehead atoms. The number of urea groups is 1. The van der Waals surface area contributed by atoms with Crippen LogP contribution in [0.3, 0.4) is 0 Å². The van der Waals surface area contributed by atoms with Crippen molar-refractivity contribution >= 4 is 6.03 Å². The molecule has 3 rings (SSSR count). The maximum Gasteiger partial charge on any atom is 0.317 e. The number of aromatic nitrogens is 5. The fourth-order valence-corrected chi connectivity index (χ4v) is 1.87. The molecule has 2 aromatic rings. The number of carbonyl (C=O) groups excluding carboxylic acids is 1. The van der Waals surface area contributed by atoms with Gasteiger partial charge in [-0.05, 0) is 0 Å². The van der Waals surface area contributed by atoms with Gasteiger partial charge in [0.1, 0.15) is 5.69 Å². The summed E-state index contributed by atoms with van der Waals surface area (Å²) in [5, 5.41) is 10.8. The minimum atomic E-state index is -0.0126. The number of nitrogens with one attached hydrogen (secondary N) is 2. The van der Waals surface area contributed by atoms with Crippen molar-refractivity contribution in [1.82, 2.24) is 35.2 Å². The van der Waals surface area contributed by atoms with Crippen LogP contribution in [0.1, 0.15) is 0 Å². The van der Waals surface area contributed by atoms with Gasteiger partial charge >= 0.3 is 6.03 Å². The van der Waals surface area contributed by atoms with Crippen LogP contribution in [0, 0.1) is 0 Å². The van der Waals surface area contributed by atoms with E-state index in [9.17, 15) is 4.79 Å². The van der Waals surface area contributed by atoms with E-state index in [1.54, 1.807) is 22.0 Å². The van der Waals surface area contributed by atoms with Crippen LogP contribution < -0.4 is 5.32 Å². The molecular formula is C10H13N7O. The Morgan fingerprint density at radius 3 is 3.06 bits per heavy atom. The Morgan fingerprint density at radius 1 is 1.39 bits per heavy atom. The van der Waals surface area contributed by atoms with Crippen molar-refractivity contribution in [2.75, 3.05) is 19.6 Å². The van der Waals surface area contributed by atoms with E-state index in [1.807, 2.05) is 6.20 Å². The summed E-state index contributed by atoms with van der Waals surface area (Å²) in [4.78, 5) is 20.2. The first-order chi connectivity index (χ1) is 8.83. The molecule has 0 aliphatic carbocycles. The molecule has 0 aromatic carbocycles. The van der Waals surface area contributed by atoms with Gasteiger partial charge in [-0.25, -0.2) is 9.78 Å². The number of H-pyrrole nitrogens is 1. The molecule has 3 heterocycles. The lowest BCUT2D eigenvalue weighted by atomic mass is 10.4. The zero-order chi connectivity index (χ0) is 12.4. The van der Waals surface area contributed by atoms with Crippen molar-refractivity contribution in [2.45, 2.75) is 6.54 Å². The number of hydrogen-bond acceptors (Lipinski definition) is 4. The summed E-state index contributed by atoms with van der Waals surface area (Å²) in [5.74, 6) is 0.695. The van der Waals surface area contributed by atoms with Gasteiger partial charge in [-0.15, -0.1) is 5.10 Å². The van der Waals surface area contributed by atoms with Gasteiger partial charge in [0.25, 0.3) is 0 Å². The van der Waals surface area contributed by atoms with Crippen molar-refractivity contribution in [3.8, 4) is 11.5 Å². The number of aromatic amines is 1. The highest BCUT2D eigenvalue weighted by Gasteiger charge is 2.18. The molecular weight excluding hydrogens is 234 g/mol. The second-order valence-electron chi connectivity index (χ2n) is 4.02. The second kappa shape index (κ2) is 4.47. The van der Waals surface area contributed by atoms with Crippen LogP contribution in [0.5, 0.6) is 0 Å². The molecule has 8 nitrogen and oxygen atoms in total. The molecule has 1 saturated heterocycles. The third-order valence-electron chi connectivity index (χ3n) is 2.82. The lowest BCUT2D eigenvalue weighted by molar-refractivity contribution is 0.215. The van der Waals surface area contributed by atoms with Crippen LogP contribution in [0.25, 0.3) is 11.5 Å². The number of carbonyl (C=O) groups is 1. The summed E-state index contributed by atoms with van der Waals surface area (Å²) < 4.78 is 1.71. The Bertz CT molecular complexity index is 532. The summed E-state index contributed by atoms with van der Waals surface area (Å²) in [6, 6.07) is -0.0126. The van der Waals surface area contributed by atoms with Crippen LogP contribution in [0.4, 0.5) is 4.79 Å². The summed E-state index contributed by atoms with van der Waals surface area (Å²) in [5.41, 5.74) is 0.700. The van der Waals surface area contributed by atoms with Crippen molar-refractivity contribution in [2.24, 2.45) is 0 Å². The first-order valence-electron chi connectivity index (χ1n) is 5.75. The first kappa shape index (κ1) is 10.8. The Kier molecular flexibility index (Phi) is 2.67. The predicted molar refractivity (Wildman–Crippen MR) is 62.6 cm³/mol. The maximum absolute atomic E-state index is 11.3. The topological polar surface area (TPSA) is 91.7 Å². The average Bonchev–Trinajstić information content (AvgIpc) is 3.08. The summed E-state index contributed by atoms with van der Waals surface area (Å²) >= 11 is 0. The molecule has 2 amide bonds. The minimum Gasteiger partial charge on any atom is -0.343 e. The van der Waals surface area contributed by atoms with Gasteiger partial charge in [-0.2, -0.15) is 0 Å². The van der Waals surface area contributed by atoms with Crippen LogP contribution in [0.15, 0.2) is 18.6 Å². The van der Waals surface area contributed by atoms with Gasteiger partial charge < -0.3 is 15.2 Å². The quantitative estimate of drug-likeness (QED) is 0.775. The molecule has 1 aliphatic heterocycles. The molecule has 94 valence electrons. The number of hydrogen-bond donors (Lipinski definition) is 2. The molecule has 2 N–H and O–H groups in total. The average molecular weight is 247 g/mol. The van der Waals surface area contributed by atoms with Crippen molar-refractivity contribution < 1.29 is 4.79 Å². The van der Waals surface area contributed by atoms with Gasteiger partial charge in [0.2, 0.25) is 0 Å². The van der Waals surface area contributed by atoms with E-state index in [-0.39, 0.29) is 6.03 Å². The molecule has 0 atom stereocenters. The zero-order valence-electron chi connectivity index (χ0n) is 9.70. The highest BCUT2D eigenvalue weighted by atomic mass is 16.2. The molecule has 8 heteroatoms. The van der Waals surface area contributed by atoms with E-state index in [1.165, 1.54) is 0 Å². The van der Waals surface area contributed by atoms with Gasteiger partial charge in [0.15, 0.2) is 5.82 Å². The zero-order valence-corrected chi connectivity index (χ0v) is 9.70. The minimum absolute atomic E-state index is 0.0126. The monoisotopic (exact) mass is 247 g/mol. The SMILES string of the molecule is O=C1NCCN1CCn1cc(-c2ncc[nH]2)nn1. The fraction of sp³-hybridized carbons (Fsp3) is 0.400. The van der Waals surface area contributed by atoms with E-state index < -0.39 is 0 Å². The van der Waals surface area contributed by atoms with Crippen molar-refractivity contribution in [3.63, 3.8) is 0 Å². The predicted octanol–water partition coefficient (Wildman–Crippen LogP) is -0.307. The number of amides is 2. The van der Waals surface area contributed by atoms with Crippen molar-refractivity contribution in [1.29, 1.82) is 0 Å². The number of rotatable bonds is 4. The van der Waals surface area contributed by atoms with Crippen LogP contribution in [-0.2, 0) is 6.54 Å². The highest BCUT2D eigenvalue weighted by molar-refractivity contribution is 5.76. The van der Waals surface area contributed by atoms with E-state index >= 15 is 0 Å². The molecule has 2 aromatic heterocycles. The van der Waals surface area contributed by atoms with Gasteiger partial charge in [0.05, 0.1) is 12.7 Å². The van der Waals surface area contributed by atoms with Crippen LogP contribution in [0.2, 0.25) is 0 Å². The summed E-state index contributed by atoms with van der Waals surface area (Å²) in [7, 11) is 0. The van der Waals surface area contributed by atoms with Crippen molar-refractivity contribution in [3.05, 3.63) is 18.6 Å². The summed E-state index contributed by atoms with van der Waals surface area (Å²) in [6.07, 6.45) is 5.22. The number of nitrogens with zero attached hydrogens (tertiary/aromatic N) is 5. The van der Waals surface area contributed by atoms with Crippen LogP contribution >= 0.6 is 0 Å². The van der Waals surface area contributed by atoms with Gasteiger partial charge in [-0.3, -0.25) is 4.68 Å². The number of imidazole rings is 1. The lowest BCUT2D eigenvalue weighted by Crippen LogP contribution is -2.31. The van der Waals surface area contributed by atoms with Gasteiger partial charge in [-0.1, -0.05) is 5.21 Å². The largest absolute Gasteiger partial charge is 0.343 e. The summed E-state index contributed by atoms with van der Waals surface area (Å²) in [6.45, 7) is 2.72. The molecule has 0 spiro atoms. The Balaban J connectivity index is 1.62.